The Balaban J connectivity index is 2.17. The van der Waals surface area contributed by atoms with Gasteiger partial charge < -0.3 is 40.7 Å². The highest BCUT2D eigenvalue weighted by atomic mass is 32.1. The highest BCUT2D eigenvalue weighted by molar-refractivity contribution is 7.80. The van der Waals surface area contributed by atoms with Gasteiger partial charge in [-0.15, -0.1) is 0 Å². The average molecular weight is 664 g/mol. The lowest BCUT2D eigenvalue weighted by Crippen LogP contribution is -2.59. The molecule has 1 saturated heterocycles. The summed E-state index contributed by atoms with van der Waals surface area (Å²) in [5, 5.41) is 20.7. The number of amides is 4. The van der Waals surface area contributed by atoms with E-state index in [0.717, 1.165) is 5.56 Å². The smallest absolute Gasteiger partial charge is 0.408 e. The molecule has 256 valence electrons. The second-order valence-corrected chi connectivity index (χ2v) is 12.9. The molecule has 1 aromatic rings. The van der Waals surface area contributed by atoms with Crippen LogP contribution in [0, 0.1) is 5.92 Å². The van der Waals surface area contributed by atoms with Gasteiger partial charge >= 0.3 is 12.1 Å². The zero-order chi connectivity index (χ0) is 34.6. The monoisotopic (exact) mass is 663 g/mol. The van der Waals surface area contributed by atoms with Gasteiger partial charge in [-0.05, 0) is 58.4 Å². The number of likely N-dealkylation sites (tertiary alicyclic amines) is 1. The first-order valence-electron chi connectivity index (χ1n) is 15.6. The molecule has 13 nitrogen and oxygen atoms in total. The highest BCUT2D eigenvalue weighted by Gasteiger charge is 2.39. The molecule has 0 unspecified atom stereocenters. The van der Waals surface area contributed by atoms with E-state index < -0.39 is 72.2 Å². The number of esters is 1. The number of alkyl carbamates (subject to hydrolysis) is 1. The van der Waals surface area contributed by atoms with E-state index in [1.165, 1.54) is 18.9 Å². The summed E-state index contributed by atoms with van der Waals surface area (Å²) in [5.74, 6) is -2.39. The van der Waals surface area contributed by atoms with Crippen molar-refractivity contribution in [1.82, 2.24) is 26.2 Å². The Kier molecular flexibility index (Phi) is 14.9. The van der Waals surface area contributed by atoms with Gasteiger partial charge in [0.15, 0.2) is 0 Å². The van der Waals surface area contributed by atoms with Crippen LogP contribution < -0.4 is 21.3 Å². The summed E-state index contributed by atoms with van der Waals surface area (Å²) in [6.07, 6.45) is 1.10. The van der Waals surface area contributed by atoms with E-state index in [9.17, 15) is 29.1 Å². The Hall–Kier alpha value is -3.78. The Morgan fingerprint density at radius 3 is 2.24 bits per heavy atom. The number of hydrogen-bond acceptors (Lipinski definition) is 9. The summed E-state index contributed by atoms with van der Waals surface area (Å²) in [5.41, 5.74) is 0.110. The number of nitrogens with zero attached hydrogens (tertiary/aromatic N) is 1. The van der Waals surface area contributed by atoms with Crippen molar-refractivity contribution < 1.29 is 38.6 Å². The normalized spacial score (nSPS) is 17.8. The maximum atomic E-state index is 13.6. The molecule has 4 amide bonds. The molecule has 0 spiro atoms. The topological polar surface area (TPSA) is 175 Å². The number of ether oxygens (including phenoxy) is 2. The van der Waals surface area contributed by atoms with Crippen molar-refractivity contribution in [2.24, 2.45) is 5.92 Å². The van der Waals surface area contributed by atoms with Crippen molar-refractivity contribution in [1.29, 1.82) is 0 Å². The van der Waals surface area contributed by atoms with Crippen molar-refractivity contribution in [2.45, 2.75) is 103 Å². The van der Waals surface area contributed by atoms with E-state index in [2.05, 4.69) is 21.3 Å². The quantitative estimate of drug-likeness (QED) is 0.145. The van der Waals surface area contributed by atoms with Crippen molar-refractivity contribution in [2.75, 3.05) is 20.3 Å². The first-order chi connectivity index (χ1) is 21.6. The SMILES string of the molecule is CC[C@H](C)[C@H](NC(=O)OC(C)(C)C)C(=O)N[C@@H](C)C(=O)N1CCC[C@H]1C(=O)N[C@@H](Cc1ccccc1)C(=S)N[C@@H](CO)C(=O)OC. The van der Waals surface area contributed by atoms with Crippen LogP contribution in [-0.4, -0.2) is 101 Å². The molecule has 2 rings (SSSR count). The summed E-state index contributed by atoms with van der Waals surface area (Å²) in [6, 6.07) is 4.64. The van der Waals surface area contributed by atoms with Crippen LogP contribution in [0.2, 0.25) is 0 Å². The molecule has 0 aromatic heterocycles. The molecule has 0 saturated carbocycles. The van der Waals surface area contributed by atoms with Gasteiger partial charge in [0.1, 0.15) is 29.8 Å². The van der Waals surface area contributed by atoms with E-state index in [1.807, 2.05) is 44.2 Å². The van der Waals surface area contributed by atoms with Gasteiger partial charge in [0.05, 0.1) is 24.7 Å². The Labute approximate surface area is 276 Å². The predicted molar refractivity (Wildman–Crippen MR) is 176 cm³/mol. The van der Waals surface area contributed by atoms with Gasteiger partial charge in [-0.2, -0.15) is 0 Å². The van der Waals surface area contributed by atoms with Crippen LogP contribution in [0.3, 0.4) is 0 Å². The van der Waals surface area contributed by atoms with E-state index in [0.29, 0.717) is 25.8 Å². The maximum Gasteiger partial charge on any atom is 0.408 e. The third-order valence-electron chi connectivity index (χ3n) is 7.64. The molecule has 14 heteroatoms. The molecule has 1 aromatic carbocycles. The number of carbonyl (C=O) groups excluding carboxylic acids is 5. The van der Waals surface area contributed by atoms with Crippen molar-refractivity contribution in [3.63, 3.8) is 0 Å². The minimum atomic E-state index is -1.12. The molecule has 1 aliphatic heterocycles. The summed E-state index contributed by atoms with van der Waals surface area (Å²) in [6.45, 7) is 10.1. The molecule has 46 heavy (non-hydrogen) atoms. The molecule has 5 N–H and O–H groups in total. The van der Waals surface area contributed by atoms with Crippen LogP contribution in [0.25, 0.3) is 0 Å². The first kappa shape index (κ1) is 38.4. The molecule has 1 aliphatic rings. The van der Waals surface area contributed by atoms with Crippen molar-refractivity contribution >= 4 is 47.0 Å². The van der Waals surface area contributed by atoms with Gasteiger partial charge in [0, 0.05) is 6.54 Å². The number of aliphatic hydroxyl groups excluding tert-OH is 1. The molecular weight excluding hydrogens is 614 g/mol. The molecule has 0 aliphatic carbocycles. The van der Waals surface area contributed by atoms with Gasteiger partial charge in [-0.1, -0.05) is 62.8 Å². The number of rotatable bonds is 14. The fraction of sp³-hybridized carbons (Fsp3) is 0.625. The van der Waals surface area contributed by atoms with Crippen LogP contribution in [0.5, 0.6) is 0 Å². The van der Waals surface area contributed by atoms with Gasteiger partial charge in [0.25, 0.3) is 0 Å². The molecule has 1 heterocycles. The standard InChI is InChI=1S/C32H49N5O8S/c1-8-19(2)25(36-31(43)45-32(4,5)6)27(40)33-20(3)29(41)37-16-12-15-24(37)26(39)34-22(17-21-13-10-9-11-14-21)28(46)35-23(18-38)30(42)44-7/h9-11,13-14,19-20,22-25,38H,8,12,15-18H2,1-7H3,(H,33,40)(H,34,39)(H,35,46)(H,36,43)/t19-,20-,22-,23-,24-,25-/m0/s1. The fourth-order valence-electron chi connectivity index (χ4n) is 4.97. The summed E-state index contributed by atoms with van der Waals surface area (Å²) < 4.78 is 10.0. The van der Waals surface area contributed by atoms with Crippen LogP contribution in [0.15, 0.2) is 30.3 Å². The second-order valence-electron chi connectivity index (χ2n) is 12.4. The lowest BCUT2D eigenvalue weighted by molar-refractivity contribution is -0.143. The Morgan fingerprint density at radius 2 is 1.67 bits per heavy atom. The Bertz CT molecular complexity index is 1220. The number of aliphatic hydroxyl groups is 1. The number of benzene rings is 1. The maximum absolute atomic E-state index is 13.6. The number of carbonyl (C=O) groups is 5. The average Bonchev–Trinajstić information content (AvgIpc) is 3.50. The van der Waals surface area contributed by atoms with Gasteiger partial charge in [0.2, 0.25) is 17.7 Å². The number of nitrogens with one attached hydrogen (secondary N) is 4. The van der Waals surface area contributed by atoms with E-state index in [4.69, 9.17) is 21.7 Å². The minimum Gasteiger partial charge on any atom is -0.467 e. The summed E-state index contributed by atoms with van der Waals surface area (Å²) >= 11 is 5.55. The number of methoxy groups -OCH3 is 1. The minimum absolute atomic E-state index is 0.117. The van der Waals surface area contributed by atoms with E-state index in [1.54, 1.807) is 20.8 Å². The van der Waals surface area contributed by atoms with Crippen LogP contribution in [0.4, 0.5) is 4.79 Å². The van der Waals surface area contributed by atoms with Crippen molar-refractivity contribution in [3.05, 3.63) is 35.9 Å². The summed E-state index contributed by atoms with van der Waals surface area (Å²) in [4.78, 5) is 66.5. The third-order valence-corrected chi connectivity index (χ3v) is 8.04. The molecular formula is C32H49N5O8S. The lowest BCUT2D eigenvalue weighted by atomic mass is 9.98. The molecule has 6 atom stereocenters. The molecule has 0 radical (unpaired) electrons. The van der Waals surface area contributed by atoms with Crippen LogP contribution in [0.1, 0.15) is 66.4 Å². The zero-order valence-corrected chi connectivity index (χ0v) is 28.6. The van der Waals surface area contributed by atoms with Crippen LogP contribution >= 0.6 is 12.2 Å². The number of thiocarbonyl (C=S) groups is 1. The van der Waals surface area contributed by atoms with Gasteiger partial charge in [-0.25, -0.2) is 9.59 Å². The largest absolute Gasteiger partial charge is 0.467 e. The predicted octanol–water partition coefficient (Wildman–Crippen LogP) is 1.60. The molecule has 1 fully saturated rings. The van der Waals surface area contributed by atoms with Gasteiger partial charge in [-0.3, -0.25) is 14.4 Å². The van der Waals surface area contributed by atoms with E-state index >= 15 is 0 Å². The fourth-order valence-corrected chi connectivity index (χ4v) is 5.26. The third kappa shape index (κ3) is 11.5. The lowest BCUT2D eigenvalue weighted by Gasteiger charge is -2.31. The highest BCUT2D eigenvalue weighted by Crippen LogP contribution is 2.20. The first-order valence-corrected chi connectivity index (χ1v) is 16.0. The zero-order valence-electron chi connectivity index (χ0n) is 27.8. The van der Waals surface area contributed by atoms with Crippen molar-refractivity contribution in [3.8, 4) is 0 Å². The Morgan fingerprint density at radius 1 is 1.02 bits per heavy atom. The number of hydrogen-bond donors (Lipinski definition) is 5. The van der Waals surface area contributed by atoms with E-state index in [-0.39, 0.29) is 17.3 Å². The molecule has 0 bridgehead atoms. The van der Waals surface area contributed by atoms with Crippen LogP contribution in [-0.2, 0) is 35.1 Å². The second kappa shape index (κ2) is 17.8. The summed E-state index contributed by atoms with van der Waals surface area (Å²) in [7, 11) is 1.19.